The second-order valence-corrected chi connectivity index (χ2v) is 7.20. The predicted molar refractivity (Wildman–Crippen MR) is 85.8 cm³/mol. The van der Waals surface area contributed by atoms with E-state index < -0.39 is 0 Å². The van der Waals surface area contributed by atoms with Crippen LogP contribution in [0.25, 0.3) is 4.96 Å². The first-order chi connectivity index (χ1) is 10.7. The molecule has 0 radical (unpaired) electrons. The monoisotopic (exact) mass is 336 g/mol. The highest BCUT2D eigenvalue weighted by Crippen LogP contribution is 2.41. The highest BCUT2D eigenvalue weighted by Gasteiger charge is 2.31. The summed E-state index contributed by atoms with van der Waals surface area (Å²) in [5.41, 5.74) is 0. The van der Waals surface area contributed by atoms with E-state index in [0.717, 1.165) is 36.1 Å². The lowest BCUT2D eigenvalue weighted by Gasteiger charge is -2.33. The molecule has 0 saturated carbocycles. The van der Waals surface area contributed by atoms with E-state index in [4.69, 9.17) is 4.74 Å². The topological polar surface area (TPSA) is 62.9 Å². The van der Waals surface area contributed by atoms with Crippen LogP contribution in [-0.4, -0.2) is 50.9 Å². The van der Waals surface area contributed by atoms with Crippen molar-refractivity contribution < 1.29 is 9.84 Å². The maximum absolute atomic E-state index is 10.6. The lowest BCUT2D eigenvalue weighted by Crippen LogP contribution is -2.39. The molecule has 1 N–H and O–H groups in total. The van der Waals surface area contributed by atoms with Crippen molar-refractivity contribution in [2.45, 2.75) is 13.0 Å². The number of thiazole rings is 1. The molecule has 4 heterocycles. The fraction of sp³-hybridized carbons (Fsp3) is 0.429. The van der Waals surface area contributed by atoms with Gasteiger partial charge in [0.05, 0.1) is 24.1 Å². The first-order valence-electron chi connectivity index (χ1n) is 7.14. The summed E-state index contributed by atoms with van der Waals surface area (Å²) in [5.74, 6) is 0.873. The Labute approximate surface area is 135 Å². The van der Waals surface area contributed by atoms with Crippen LogP contribution in [0.3, 0.4) is 0 Å². The Hall–Kier alpha value is -1.48. The first kappa shape index (κ1) is 14.1. The SMILES string of the molecule is Cc1nc2sc([C@@H](c3cccs3)N3CCOCC3)c(O)n2n1. The van der Waals surface area contributed by atoms with Gasteiger partial charge in [-0.15, -0.1) is 16.4 Å². The zero-order valence-electron chi connectivity index (χ0n) is 12.1. The number of aromatic hydroxyl groups is 1. The van der Waals surface area contributed by atoms with Crippen LogP contribution in [0.2, 0.25) is 0 Å². The zero-order valence-corrected chi connectivity index (χ0v) is 13.7. The molecular weight excluding hydrogens is 320 g/mol. The van der Waals surface area contributed by atoms with E-state index in [1.807, 2.05) is 13.0 Å². The van der Waals surface area contributed by atoms with E-state index in [-0.39, 0.29) is 11.9 Å². The van der Waals surface area contributed by atoms with Crippen molar-refractivity contribution in [3.8, 4) is 5.88 Å². The fourth-order valence-corrected chi connectivity index (χ4v) is 4.88. The first-order valence-corrected chi connectivity index (χ1v) is 8.84. The Morgan fingerprint density at radius 3 is 2.86 bits per heavy atom. The maximum Gasteiger partial charge on any atom is 0.230 e. The van der Waals surface area contributed by atoms with Crippen molar-refractivity contribution >= 4 is 27.6 Å². The van der Waals surface area contributed by atoms with Gasteiger partial charge in [-0.25, -0.2) is 4.98 Å². The number of nitrogens with zero attached hydrogens (tertiary/aromatic N) is 4. The lowest BCUT2D eigenvalue weighted by atomic mass is 10.1. The highest BCUT2D eigenvalue weighted by atomic mass is 32.1. The molecule has 8 heteroatoms. The smallest absolute Gasteiger partial charge is 0.230 e. The molecule has 0 aliphatic carbocycles. The van der Waals surface area contributed by atoms with Gasteiger partial charge in [-0.1, -0.05) is 17.4 Å². The minimum atomic E-state index is 0.0395. The summed E-state index contributed by atoms with van der Waals surface area (Å²) in [6.07, 6.45) is 0. The number of ether oxygens (including phenoxy) is 1. The van der Waals surface area contributed by atoms with Crippen LogP contribution in [0.4, 0.5) is 0 Å². The second-order valence-electron chi connectivity index (χ2n) is 5.21. The molecule has 1 saturated heterocycles. The van der Waals surface area contributed by atoms with Crippen molar-refractivity contribution in [1.82, 2.24) is 19.5 Å². The summed E-state index contributed by atoms with van der Waals surface area (Å²) < 4.78 is 7.00. The van der Waals surface area contributed by atoms with Crippen LogP contribution in [-0.2, 0) is 4.74 Å². The molecule has 0 aromatic carbocycles. The van der Waals surface area contributed by atoms with Crippen LogP contribution in [0.5, 0.6) is 5.88 Å². The number of hydrogen-bond acceptors (Lipinski definition) is 7. The predicted octanol–water partition coefficient (Wildman–Crippen LogP) is 2.29. The van der Waals surface area contributed by atoms with E-state index in [9.17, 15) is 5.11 Å². The summed E-state index contributed by atoms with van der Waals surface area (Å²) >= 11 is 3.22. The minimum absolute atomic E-state index is 0.0395. The molecule has 1 aliphatic heterocycles. The Bertz CT molecular complexity index is 774. The van der Waals surface area contributed by atoms with Gasteiger partial charge < -0.3 is 9.84 Å². The molecule has 1 fully saturated rings. The molecule has 3 aromatic rings. The number of thiophene rings is 1. The third-order valence-corrected chi connectivity index (χ3v) is 5.77. The quantitative estimate of drug-likeness (QED) is 0.795. The lowest BCUT2D eigenvalue weighted by molar-refractivity contribution is 0.0247. The van der Waals surface area contributed by atoms with Crippen LogP contribution in [0.1, 0.15) is 21.6 Å². The molecule has 0 amide bonds. The molecule has 1 atom stereocenters. The molecule has 4 rings (SSSR count). The number of hydrogen-bond donors (Lipinski definition) is 1. The Morgan fingerprint density at radius 1 is 1.36 bits per heavy atom. The number of aromatic nitrogens is 3. The number of rotatable bonds is 3. The molecule has 3 aromatic heterocycles. The molecule has 1 aliphatic rings. The molecule has 116 valence electrons. The van der Waals surface area contributed by atoms with E-state index in [0.29, 0.717) is 5.82 Å². The normalized spacial score (nSPS) is 18.0. The van der Waals surface area contributed by atoms with Gasteiger partial charge in [0.25, 0.3) is 0 Å². The standard InChI is InChI=1S/C14H16N4O2S2/c1-9-15-14-18(16-9)13(19)12(22-14)11(10-3-2-8-21-10)17-4-6-20-7-5-17/h2-3,8,11,19H,4-7H2,1H3/t11-/m1/s1. The van der Waals surface area contributed by atoms with Gasteiger partial charge in [0.15, 0.2) is 0 Å². The molecule has 22 heavy (non-hydrogen) atoms. The average Bonchev–Trinajstić information content (AvgIpc) is 3.22. The molecule has 0 spiro atoms. The Kier molecular flexibility index (Phi) is 3.61. The number of fused-ring (bicyclic) bond motifs is 1. The van der Waals surface area contributed by atoms with Gasteiger partial charge in [-0.2, -0.15) is 4.52 Å². The molecule has 0 bridgehead atoms. The van der Waals surface area contributed by atoms with Gasteiger partial charge in [0.2, 0.25) is 10.8 Å². The summed E-state index contributed by atoms with van der Waals surface area (Å²) in [6.45, 7) is 4.99. The van der Waals surface area contributed by atoms with E-state index >= 15 is 0 Å². The summed E-state index contributed by atoms with van der Waals surface area (Å²) in [6, 6.07) is 4.20. The second kappa shape index (κ2) is 5.62. The fourth-order valence-electron chi connectivity index (χ4n) is 2.78. The van der Waals surface area contributed by atoms with Crippen molar-refractivity contribution in [2.24, 2.45) is 0 Å². The zero-order chi connectivity index (χ0) is 15.1. The van der Waals surface area contributed by atoms with Gasteiger partial charge in [-0.3, -0.25) is 4.90 Å². The van der Waals surface area contributed by atoms with Crippen molar-refractivity contribution in [1.29, 1.82) is 0 Å². The maximum atomic E-state index is 10.6. The number of morpholine rings is 1. The third-order valence-electron chi connectivity index (χ3n) is 3.78. The van der Waals surface area contributed by atoms with Crippen LogP contribution in [0.15, 0.2) is 17.5 Å². The number of aryl methyl sites for hydroxylation is 1. The van der Waals surface area contributed by atoms with Gasteiger partial charge in [-0.05, 0) is 18.4 Å². The summed E-state index contributed by atoms with van der Waals surface area (Å²) in [5, 5.41) is 17.0. The minimum Gasteiger partial charge on any atom is -0.492 e. The molecule has 0 unspecified atom stereocenters. The van der Waals surface area contributed by atoms with Crippen LogP contribution in [0, 0.1) is 6.92 Å². The molecule has 6 nitrogen and oxygen atoms in total. The van der Waals surface area contributed by atoms with Gasteiger partial charge >= 0.3 is 0 Å². The van der Waals surface area contributed by atoms with Gasteiger partial charge in [0, 0.05) is 18.0 Å². The largest absolute Gasteiger partial charge is 0.492 e. The summed E-state index contributed by atoms with van der Waals surface area (Å²) in [4.78, 5) is 9.59. The van der Waals surface area contributed by atoms with Crippen LogP contribution < -0.4 is 0 Å². The Balaban J connectivity index is 1.81. The van der Waals surface area contributed by atoms with Gasteiger partial charge in [0.1, 0.15) is 5.82 Å². The average molecular weight is 336 g/mol. The van der Waals surface area contributed by atoms with E-state index in [1.165, 1.54) is 20.7 Å². The van der Waals surface area contributed by atoms with E-state index in [2.05, 4.69) is 26.4 Å². The van der Waals surface area contributed by atoms with Crippen molar-refractivity contribution in [3.05, 3.63) is 33.1 Å². The summed E-state index contributed by atoms with van der Waals surface area (Å²) in [7, 11) is 0. The molecular formula is C14H16N4O2S2. The van der Waals surface area contributed by atoms with E-state index in [1.54, 1.807) is 11.3 Å². The van der Waals surface area contributed by atoms with Crippen LogP contribution >= 0.6 is 22.7 Å². The van der Waals surface area contributed by atoms with Crippen molar-refractivity contribution in [2.75, 3.05) is 26.3 Å². The Morgan fingerprint density at radius 2 is 2.18 bits per heavy atom. The third kappa shape index (κ3) is 2.32. The van der Waals surface area contributed by atoms with Crippen molar-refractivity contribution in [3.63, 3.8) is 0 Å². The highest BCUT2D eigenvalue weighted by molar-refractivity contribution is 7.17.